The molecule has 0 aliphatic carbocycles. The largest absolute Gasteiger partial charge is 0.345 e. The van der Waals surface area contributed by atoms with Crippen LogP contribution in [0.15, 0.2) is 71.7 Å². The zero-order valence-corrected chi connectivity index (χ0v) is 20.8. The van der Waals surface area contributed by atoms with E-state index in [4.69, 9.17) is 40.4 Å². The lowest BCUT2D eigenvalue weighted by atomic mass is 10.00. The molecule has 1 atom stereocenters. The molecule has 3 aromatic carbocycles. The molecule has 0 bridgehead atoms. The highest BCUT2D eigenvalue weighted by molar-refractivity contribution is 7.80. The quantitative estimate of drug-likeness (QED) is 0.491. The number of carbonyl (C=O) groups is 1. The lowest BCUT2D eigenvalue weighted by Crippen LogP contribution is -2.51. The summed E-state index contributed by atoms with van der Waals surface area (Å²) in [4.78, 5) is 22.0. The van der Waals surface area contributed by atoms with Crippen LogP contribution in [0.1, 0.15) is 22.3 Å². The summed E-state index contributed by atoms with van der Waals surface area (Å²) >= 11 is 18.6. The maximum atomic E-state index is 13.5. The minimum Gasteiger partial charge on any atom is -0.345 e. The summed E-state index contributed by atoms with van der Waals surface area (Å²) in [5.74, 6) is -0.217. The van der Waals surface area contributed by atoms with Crippen molar-refractivity contribution in [2.24, 2.45) is 4.99 Å². The fraction of sp³-hybridized carbons (Fsp3) is 0.192. The van der Waals surface area contributed by atoms with Crippen LogP contribution in [0.4, 0.5) is 5.69 Å². The van der Waals surface area contributed by atoms with E-state index in [1.807, 2.05) is 36.4 Å². The molecule has 0 aromatic heterocycles. The van der Waals surface area contributed by atoms with Gasteiger partial charge in [-0.25, -0.2) is 4.99 Å². The van der Waals surface area contributed by atoms with Crippen molar-refractivity contribution in [3.63, 3.8) is 0 Å². The van der Waals surface area contributed by atoms with Gasteiger partial charge in [-0.15, -0.1) is 0 Å². The second-order valence-corrected chi connectivity index (χ2v) is 9.54. The molecule has 2 heterocycles. The first-order valence-electron chi connectivity index (χ1n) is 10.9. The fourth-order valence-corrected chi connectivity index (χ4v) is 5.05. The molecule has 172 valence electrons. The van der Waals surface area contributed by atoms with Gasteiger partial charge in [0.25, 0.3) is 5.91 Å². The van der Waals surface area contributed by atoms with Crippen molar-refractivity contribution in [2.45, 2.75) is 19.1 Å². The Hall–Kier alpha value is -2.93. The molecule has 1 amide bonds. The molecule has 5 rings (SSSR count). The van der Waals surface area contributed by atoms with Crippen LogP contribution in [0.5, 0.6) is 0 Å². The molecule has 3 aromatic rings. The van der Waals surface area contributed by atoms with E-state index in [1.54, 1.807) is 24.1 Å². The van der Waals surface area contributed by atoms with E-state index >= 15 is 0 Å². The third kappa shape index (κ3) is 4.29. The Labute approximate surface area is 214 Å². The van der Waals surface area contributed by atoms with E-state index in [2.05, 4.69) is 28.4 Å². The number of nitrogens with zero attached hydrogens (tertiary/aromatic N) is 3. The molecule has 1 unspecified atom stereocenters. The number of thiocarbonyl (C=S) groups is 1. The number of anilines is 1. The van der Waals surface area contributed by atoms with Crippen molar-refractivity contribution >= 4 is 57.8 Å². The Morgan fingerprint density at radius 1 is 1.03 bits per heavy atom. The number of hydrogen-bond donors (Lipinski definition) is 1. The normalized spacial score (nSPS) is 17.4. The highest BCUT2D eigenvalue weighted by Gasteiger charge is 2.32. The predicted molar refractivity (Wildman–Crippen MR) is 142 cm³/mol. The van der Waals surface area contributed by atoms with Crippen LogP contribution in [0, 0.1) is 0 Å². The molecular formula is C26H22Cl2N4OS. The van der Waals surface area contributed by atoms with Gasteiger partial charge in [-0.2, -0.15) is 0 Å². The Balaban J connectivity index is 1.51. The van der Waals surface area contributed by atoms with Crippen molar-refractivity contribution < 1.29 is 4.79 Å². The number of benzodiazepines with no additional fused rings is 1. The molecule has 0 spiro atoms. The van der Waals surface area contributed by atoms with Crippen LogP contribution in [-0.4, -0.2) is 41.4 Å². The van der Waals surface area contributed by atoms with Gasteiger partial charge in [0.1, 0.15) is 0 Å². The summed E-state index contributed by atoms with van der Waals surface area (Å²) in [6, 6.07) is 21.2. The molecule has 34 heavy (non-hydrogen) atoms. The van der Waals surface area contributed by atoms with Crippen LogP contribution < -0.4 is 10.2 Å². The number of benzene rings is 3. The van der Waals surface area contributed by atoms with Crippen LogP contribution in [0.25, 0.3) is 0 Å². The molecule has 1 N–H and O–H groups in total. The van der Waals surface area contributed by atoms with E-state index in [0.717, 1.165) is 24.1 Å². The van der Waals surface area contributed by atoms with Crippen molar-refractivity contribution in [2.75, 3.05) is 18.5 Å². The number of carbonyl (C=O) groups excluding carboxylic acids is 1. The first kappa shape index (κ1) is 22.8. The first-order valence-corrected chi connectivity index (χ1v) is 12.1. The third-order valence-corrected chi connectivity index (χ3v) is 7.15. The minimum atomic E-state index is -0.910. The van der Waals surface area contributed by atoms with Gasteiger partial charge in [0.15, 0.2) is 5.11 Å². The average Bonchev–Trinajstić information content (AvgIpc) is 2.94. The first-order chi connectivity index (χ1) is 16.4. The van der Waals surface area contributed by atoms with Gasteiger partial charge in [-0.05, 0) is 54.0 Å². The van der Waals surface area contributed by atoms with Crippen LogP contribution in [0.3, 0.4) is 0 Å². The Bertz CT molecular complexity index is 1330. The second-order valence-electron chi connectivity index (χ2n) is 8.31. The number of rotatable bonds is 2. The summed E-state index contributed by atoms with van der Waals surface area (Å²) < 4.78 is 0. The molecule has 0 radical (unpaired) electrons. The van der Waals surface area contributed by atoms with Gasteiger partial charge < -0.3 is 15.1 Å². The SMILES string of the molecule is CN1C(=O)C(NC(=S)N2CCc3ccccc3C2)N=C(c2ccccc2Cl)c2cc(Cl)ccc21. The monoisotopic (exact) mass is 508 g/mol. The van der Waals surface area contributed by atoms with E-state index < -0.39 is 6.17 Å². The van der Waals surface area contributed by atoms with E-state index in [-0.39, 0.29) is 5.91 Å². The summed E-state index contributed by atoms with van der Waals surface area (Å²) in [6.07, 6.45) is -0.0127. The molecule has 2 aliphatic heterocycles. The minimum absolute atomic E-state index is 0.217. The summed E-state index contributed by atoms with van der Waals surface area (Å²) in [6.45, 7) is 1.46. The molecular weight excluding hydrogens is 487 g/mol. The smallest absolute Gasteiger partial charge is 0.272 e. The molecule has 0 saturated carbocycles. The summed E-state index contributed by atoms with van der Waals surface area (Å²) in [5.41, 5.74) is 5.32. The van der Waals surface area contributed by atoms with Crippen LogP contribution >= 0.6 is 35.4 Å². The molecule has 0 saturated heterocycles. The fourth-order valence-electron chi connectivity index (χ4n) is 4.39. The number of halogens is 2. The van der Waals surface area contributed by atoms with Crippen molar-refractivity contribution in [3.05, 3.63) is 99.0 Å². The highest BCUT2D eigenvalue weighted by Crippen LogP contribution is 2.32. The van der Waals surface area contributed by atoms with Gasteiger partial charge in [0.2, 0.25) is 6.17 Å². The third-order valence-electron chi connectivity index (χ3n) is 6.20. The zero-order chi connectivity index (χ0) is 23.8. The van der Waals surface area contributed by atoms with Crippen molar-refractivity contribution in [1.29, 1.82) is 0 Å². The number of fused-ring (bicyclic) bond motifs is 2. The molecule has 0 fully saturated rings. The average molecular weight is 509 g/mol. The molecule has 8 heteroatoms. The van der Waals surface area contributed by atoms with Gasteiger partial charge >= 0.3 is 0 Å². The summed E-state index contributed by atoms with van der Waals surface area (Å²) in [5, 5.41) is 4.79. The Morgan fingerprint density at radius 3 is 2.56 bits per heavy atom. The lowest BCUT2D eigenvalue weighted by molar-refractivity contribution is -0.119. The van der Waals surface area contributed by atoms with Crippen LogP contribution in [-0.2, 0) is 17.8 Å². The second kappa shape index (κ2) is 9.37. The zero-order valence-electron chi connectivity index (χ0n) is 18.5. The van der Waals surface area contributed by atoms with E-state index in [0.29, 0.717) is 33.1 Å². The van der Waals surface area contributed by atoms with Gasteiger partial charge in [0.05, 0.1) is 11.4 Å². The number of amides is 1. The number of aliphatic imine (C=N–C) groups is 1. The van der Waals surface area contributed by atoms with E-state index in [9.17, 15) is 4.79 Å². The van der Waals surface area contributed by atoms with Gasteiger partial charge in [-0.1, -0.05) is 65.7 Å². The predicted octanol–water partition coefficient (Wildman–Crippen LogP) is 5.07. The number of hydrogen-bond acceptors (Lipinski definition) is 3. The lowest BCUT2D eigenvalue weighted by Gasteiger charge is -2.32. The number of likely N-dealkylation sites (N-methyl/N-ethyl adjacent to an activating group) is 1. The Kier molecular flexibility index (Phi) is 6.30. The molecule has 5 nitrogen and oxygen atoms in total. The van der Waals surface area contributed by atoms with Crippen LogP contribution in [0.2, 0.25) is 10.0 Å². The molecule has 2 aliphatic rings. The van der Waals surface area contributed by atoms with Gasteiger partial charge in [-0.3, -0.25) is 4.79 Å². The summed E-state index contributed by atoms with van der Waals surface area (Å²) in [7, 11) is 1.73. The maximum Gasteiger partial charge on any atom is 0.272 e. The van der Waals surface area contributed by atoms with Gasteiger partial charge in [0, 0.05) is 41.3 Å². The van der Waals surface area contributed by atoms with Crippen molar-refractivity contribution in [1.82, 2.24) is 10.2 Å². The standard InChI is InChI=1S/C26H22Cl2N4OS/c1-31-22-11-10-18(27)14-20(22)23(19-8-4-5-9-21(19)28)29-24(25(31)33)30-26(34)32-13-12-16-6-2-3-7-17(16)15-32/h2-11,14,24H,12-13,15H2,1H3,(H,30,34). The number of nitrogens with one attached hydrogen (secondary N) is 1. The Morgan fingerprint density at radius 2 is 1.76 bits per heavy atom. The van der Waals surface area contributed by atoms with Crippen molar-refractivity contribution in [3.8, 4) is 0 Å². The highest BCUT2D eigenvalue weighted by atomic mass is 35.5. The maximum absolute atomic E-state index is 13.5. The van der Waals surface area contributed by atoms with E-state index in [1.165, 1.54) is 11.1 Å². The topological polar surface area (TPSA) is 47.9 Å².